The molecule has 1 aromatic heterocycles. The highest BCUT2D eigenvalue weighted by Gasteiger charge is 2.26. The van der Waals surface area contributed by atoms with Crippen LogP contribution < -0.4 is 5.73 Å². The van der Waals surface area contributed by atoms with Gasteiger partial charge in [0.15, 0.2) is 0 Å². The number of hydrogen-bond acceptors (Lipinski definition) is 5. The SMILES string of the molecule is COC(C)(C)c1noc(-c2ccc(Br)c(N)c2)n1. The van der Waals surface area contributed by atoms with E-state index in [1.54, 1.807) is 13.2 Å². The van der Waals surface area contributed by atoms with E-state index in [1.807, 2.05) is 26.0 Å². The number of hydrogen-bond donors (Lipinski definition) is 1. The van der Waals surface area contributed by atoms with E-state index in [0.29, 0.717) is 17.4 Å². The lowest BCUT2D eigenvalue weighted by atomic mass is 10.1. The second-order valence-corrected chi connectivity index (χ2v) is 5.23. The van der Waals surface area contributed by atoms with E-state index in [1.165, 1.54) is 0 Å². The number of benzene rings is 1. The van der Waals surface area contributed by atoms with Crippen LogP contribution in [-0.2, 0) is 10.3 Å². The summed E-state index contributed by atoms with van der Waals surface area (Å²) in [7, 11) is 1.60. The van der Waals surface area contributed by atoms with Gasteiger partial charge >= 0.3 is 0 Å². The highest BCUT2D eigenvalue weighted by molar-refractivity contribution is 9.10. The van der Waals surface area contributed by atoms with Crippen molar-refractivity contribution in [3.05, 3.63) is 28.5 Å². The van der Waals surface area contributed by atoms with Crippen molar-refractivity contribution in [3.8, 4) is 11.5 Å². The Morgan fingerprint density at radius 2 is 2.11 bits per heavy atom. The first-order valence-corrected chi connectivity index (χ1v) is 6.18. The van der Waals surface area contributed by atoms with Gasteiger partial charge in [-0.3, -0.25) is 0 Å². The van der Waals surface area contributed by atoms with Crippen LogP contribution >= 0.6 is 15.9 Å². The Hall–Kier alpha value is -1.40. The molecular formula is C12H14BrN3O2. The number of halogens is 1. The van der Waals surface area contributed by atoms with Crippen LogP contribution in [0.15, 0.2) is 27.2 Å². The molecule has 0 bridgehead atoms. The Labute approximate surface area is 113 Å². The van der Waals surface area contributed by atoms with Crippen LogP contribution in [0, 0.1) is 0 Å². The zero-order valence-electron chi connectivity index (χ0n) is 10.4. The number of ether oxygens (including phenoxy) is 1. The fourth-order valence-electron chi connectivity index (χ4n) is 1.35. The molecule has 0 aliphatic heterocycles. The van der Waals surface area contributed by atoms with E-state index in [2.05, 4.69) is 26.1 Å². The zero-order valence-corrected chi connectivity index (χ0v) is 12.0. The van der Waals surface area contributed by atoms with E-state index in [9.17, 15) is 0 Å². The van der Waals surface area contributed by atoms with Crippen molar-refractivity contribution in [2.24, 2.45) is 0 Å². The topological polar surface area (TPSA) is 74.2 Å². The average Bonchev–Trinajstić information content (AvgIpc) is 2.83. The summed E-state index contributed by atoms with van der Waals surface area (Å²) in [5.41, 5.74) is 6.64. The average molecular weight is 312 g/mol. The van der Waals surface area contributed by atoms with Gasteiger partial charge in [0.2, 0.25) is 5.82 Å². The Balaban J connectivity index is 2.38. The molecule has 2 rings (SSSR count). The second-order valence-electron chi connectivity index (χ2n) is 4.37. The molecule has 5 nitrogen and oxygen atoms in total. The minimum absolute atomic E-state index is 0.425. The lowest BCUT2D eigenvalue weighted by molar-refractivity contribution is 0.00973. The van der Waals surface area contributed by atoms with Crippen LogP contribution in [-0.4, -0.2) is 17.3 Å². The van der Waals surface area contributed by atoms with Crippen molar-refractivity contribution in [1.82, 2.24) is 10.1 Å². The highest BCUT2D eigenvalue weighted by Crippen LogP contribution is 2.28. The van der Waals surface area contributed by atoms with E-state index in [0.717, 1.165) is 10.0 Å². The van der Waals surface area contributed by atoms with E-state index in [4.69, 9.17) is 15.0 Å². The van der Waals surface area contributed by atoms with E-state index >= 15 is 0 Å². The lowest BCUT2D eigenvalue weighted by Gasteiger charge is -2.17. The Bertz CT molecular complexity index is 566. The summed E-state index contributed by atoms with van der Waals surface area (Å²) < 4.78 is 11.4. The van der Waals surface area contributed by atoms with Gasteiger partial charge in [-0.05, 0) is 48.0 Å². The van der Waals surface area contributed by atoms with Crippen LogP contribution in [0.1, 0.15) is 19.7 Å². The Morgan fingerprint density at radius 3 is 2.72 bits per heavy atom. The first kappa shape index (κ1) is 13.0. The maximum Gasteiger partial charge on any atom is 0.258 e. The van der Waals surface area contributed by atoms with Gasteiger partial charge in [0.1, 0.15) is 5.60 Å². The van der Waals surface area contributed by atoms with Crippen molar-refractivity contribution >= 4 is 21.6 Å². The molecule has 0 saturated carbocycles. The molecule has 0 unspecified atom stereocenters. The van der Waals surface area contributed by atoms with Crippen LogP contribution in [0.25, 0.3) is 11.5 Å². The van der Waals surface area contributed by atoms with Crippen molar-refractivity contribution < 1.29 is 9.26 Å². The lowest BCUT2D eigenvalue weighted by Crippen LogP contribution is -2.21. The third-order valence-electron chi connectivity index (χ3n) is 2.72. The fraction of sp³-hybridized carbons (Fsp3) is 0.333. The summed E-state index contributed by atoms with van der Waals surface area (Å²) >= 11 is 3.34. The second kappa shape index (κ2) is 4.70. The Kier molecular flexibility index (Phi) is 3.41. The molecule has 0 amide bonds. The number of methoxy groups -OCH3 is 1. The smallest absolute Gasteiger partial charge is 0.258 e. The van der Waals surface area contributed by atoms with Crippen LogP contribution in [0.2, 0.25) is 0 Å². The van der Waals surface area contributed by atoms with E-state index < -0.39 is 5.60 Å². The molecule has 1 heterocycles. The van der Waals surface area contributed by atoms with Crippen molar-refractivity contribution in [3.63, 3.8) is 0 Å². The zero-order chi connectivity index (χ0) is 13.3. The number of aromatic nitrogens is 2. The third kappa shape index (κ3) is 2.39. The maximum atomic E-state index is 5.82. The van der Waals surface area contributed by atoms with Gasteiger partial charge in [0.25, 0.3) is 5.89 Å². The molecule has 96 valence electrons. The first-order valence-electron chi connectivity index (χ1n) is 5.39. The summed E-state index contributed by atoms with van der Waals surface area (Å²) in [4.78, 5) is 4.32. The van der Waals surface area contributed by atoms with Crippen molar-refractivity contribution in [2.75, 3.05) is 12.8 Å². The minimum atomic E-state index is -0.581. The molecule has 2 aromatic rings. The van der Waals surface area contributed by atoms with Gasteiger partial charge in [-0.25, -0.2) is 0 Å². The standard InChI is InChI=1S/C12H14BrN3O2/c1-12(2,17-3)11-15-10(18-16-11)7-4-5-8(13)9(14)6-7/h4-6H,14H2,1-3H3. The molecule has 0 radical (unpaired) electrons. The summed E-state index contributed by atoms with van der Waals surface area (Å²) in [5.74, 6) is 0.927. The molecule has 0 spiro atoms. The van der Waals surface area contributed by atoms with Crippen LogP contribution in [0.3, 0.4) is 0 Å². The molecule has 1 aromatic carbocycles. The molecule has 0 atom stereocenters. The highest BCUT2D eigenvalue weighted by atomic mass is 79.9. The minimum Gasteiger partial charge on any atom is -0.398 e. The predicted octanol–water partition coefficient (Wildman–Crippen LogP) is 2.96. The van der Waals surface area contributed by atoms with Gasteiger partial charge in [0.05, 0.1) is 0 Å². The van der Waals surface area contributed by atoms with Gasteiger partial charge < -0.3 is 15.0 Å². The maximum absolute atomic E-state index is 5.82. The predicted molar refractivity (Wildman–Crippen MR) is 71.9 cm³/mol. The monoisotopic (exact) mass is 311 g/mol. The molecular weight excluding hydrogens is 298 g/mol. The van der Waals surface area contributed by atoms with Gasteiger partial charge in [-0.1, -0.05) is 5.16 Å². The van der Waals surface area contributed by atoms with E-state index in [-0.39, 0.29) is 0 Å². The molecule has 0 saturated heterocycles. The molecule has 2 N–H and O–H groups in total. The summed E-state index contributed by atoms with van der Waals surface area (Å²) in [6.45, 7) is 3.75. The molecule has 0 aliphatic carbocycles. The molecule has 6 heteroatoms. The molecule has 0 aliphatic rings. The number of rotatable bonds is 3. The summed E-state index contributed by atoms with van der Waals surface area (Å²) in [6.07, 6.45) is 0. The van der Waals surface area contributed by atoms with Gasteiger partial charge in [0, 0.05) is 22.8 Å². The summed E-state index contributed by atoms with van der Waals surface area (Å²) in [5, 5.41) is 3.92. The quantitative estimate of drug-likeness (QED) is 0.882. The first-order chi connectivity index (χ1) is 8.44. The number of nitrogens with two attached hydrogens (primary N) is 1. The fourth-order valence-corrected chi connectivity index (χ4v) is 1.60. The largest absolute Gasteiger partial charge is 0.398 e. The number of nitrogen functional groups attached to an aromatic ring is 1. The van der Waals surface area contributed by atoms with Gasteiger partial charge in [-0.2, -0.15) is 4.98 Å². The molecule has 18 heavy (non-hydrogen) atoms. The summed E-state index contributed by atoms with van der Waals surface area (Å²) in [6, 6.07) is 5.48. The number of nitrogens with zero attached hydrogens (tertiary/aromatic N) is 2. The van der Waals surface area contributed by atoms with Gasteiger partial charge in [-0.15, -0.1) is 0 Å². The Morgan fingerprint density at radius 1 is 1.39 bits per heavy atom. The van der Waals surface area contributed by atoms with Crippen LogP contribution in [0.5, 0.6) is 0 Å². The number of anilines is 1. The van der Waals surface area contributed by atoms with Crippen molar-refractivity contribution in [1.29, 1.82) is 0 Å². The normalized spacial score (nSPS) is 11.8. The van der Waals surface area contributed by atoms with Crippen LogP contribution in [0.4, 0.5) is 5.69 Å². The molecule has 0 fully saturated rings. The van der Waals surface area contributed by atoms with Crippen molar-refractivity contribution in [2.45, 2.75) is 19.4 Å². The third-order valence-corrected chi connectivity index (χ3v) is 3.44.